The normalized spacial score (nSPS) is 10.7. The largest absolute Gasteiger partial charge is 0.365 e. The maximum Gasteiger partial charge on any atom is 0.223 e. The van der Waals surface area contributed by atoms with Crippen LogP contribution in [0.2, 0.25) is 0 Å². The number of hydrogen-bond donors (Lipinski definition) is 0. The summed E-state index contributed by atoms with van der Waals surface area (Å²) in [6, 6.07) is 6.38. The SMILES string of the molecule is Cc1cc(C)c2ncc(C#N)c(N(C)Cc3noc(C)n3)c2c1. The van der Waals surface area contributed by atoms with Crippen LogP contribution in [0.15, 0.2) is 22.9 Å². The first-order valence-electron chi connectivity index (χ1n) is 7.30. The molecule has 23 heavy (non-hydrogen) atoms. The minimum absolute atomic E-state index is 0.456. The van der Waals surface area contributed by atoms with Crippen LogP contribution in [0, 0.1) is 32.1 Å². The van der Waals surface area contributed by atoms with Gasteiger partial charge >= 0.3 is 0 Å². The van der Waals surface area contributed by atoms with E-state index in [1.807, 2.05) is 25.8 Å². The molecule has 0 atom stereocenters. The number of hydrogen-bond acceptors (Lipinski definition) is 6. The highest BCUT2D eigenvalue weighted by Crippen LogP contribution is 2.31. The molecule has 0 aliphatic carbocycles. The summed E-state index contributed by atoms with van der Waals surface area (Å²) in [4.78, 5) is 10.6. The first-order valence-corrected chi connectivity index (χ1v) is 7.30. The monoisotopic (exact) mass is 307 g/mol. The van der Waals surface area contributed by atoms with Crippen molar-refractivity contribution >= 4 is 16.6 Å². The lowest BCUT2D eigenvalue weighted by Crippen LogP contribution is -2.19. The summed E-state index contributed by atoms with van der Waals surface area (Å²) >= 11 is 0. The van der Waals surface area contributed by atoms with Crippen molar-refractivity contribution in [2.45, 2.75) is 27.3 Å². The molecule has 0 saturated carbocycles. The van der Waals surface area contributed by atoms with Gasteiger partial charge in [-0.05, 0) is 25.5 Å². The Morgan fingerprint density at radius 3 is 2.70 bits per heavy atom. The Kier molecular flexibility index (Phi) is 3.70. The lowest BCUT2D eigenvalue weighted by atomic mass is 10.0. The Morgan fingerprint density at radius 2 is 2.04 bits per heavy atom. The summed E-state index contributed by atoms with van der Waals surface area (Å²) in [5.74, 6) is 1.11. The highest BCUT2D eigenvalue weighted by Gasteiger charge is 2.16. The molecule has 1 aromatic carbocycles. The Morgan fingerprint density at radius 1 is 1.26 bits per heavy atom. The molecule has 3 rings (SSSR count). The molecule has 0 fully saturated rings. The zero-order chi connectivity index (χ0) is 16.6. The van der Waals surface area contributed by atoms with Crippen LogP contribution in [0.4, 0.5) is 5.69 Å². The third-order valence-electron chi connectivity index (χ3n) is 3.73. The van der Waals surface area contributed by atoms with Crippen LogP contribution in [0.5, 0.6) is 0 Å². The molecule has 2 heterocycles. The third-order valence-corrected chi connectivity index (χ3v) is 3.73. The lowest BCUT2D eigenvalue weighted by molar-refractivity contribution is 0.387. The van der Waals surface area contributed by atoms with Crippen LogP contribution in [0.25, 0.3) is 10.9 Å². The van der Waals surface area contributed by atoms with E-state index in [0.717, 1.165) is 27.7 Å². The Hall–Kier alpha value is -2.94. The Balaban J connectivity index is 2.15. The molecule has 0 aliphatic heterocycles. The van der Waals surface area contributed by atoms with E-state index >= 15 is 0 Å². The van der Waals surface area contributed by atoms with E-state index in [9.17, 15) is 5.26 Å². The smallest absolute Gasteiger partial charge is 0.223 e. The molecule has 0 bridgehead atoms. The number of nitriles is 1. The van der Waals surface area contributed by atoms with E-state index in [1.54, 1.807) is 13.1 Å². The summed E-state index contributed by atoms with van der Waals surface area (Å²) in [6.07, 6.45) is 1.62. The number of nitrogens with zero attached hydrogens (tertiary/aromatic N) is 5. The molecule has 2 aromatic heterocycles. The zero-order valence-electron chi connectivity index (χ0n) is 13.6. The van der Waals surface area contributed by atoms with Gasteiger partial charge in [0.25, 0.3) is 0 Å². The van der Waals surface area contributed by atoms with E-state index in [0.29, 0.717) is 23.8 Å². The van der Waals surface area contributed by atoms with Gasteiger partial charge in [-0.25, -0.2) is 0 Å². The molecule has 116 valence electrons. The predicted octanol–water partition coefficient (Wildman–Crippen LogP) is 3.05. The minimum atomic E-state index is 0.456. The van der Waals surface area contributed by atoms with Gasteiger partial charge in [-0.1, -0.05) is 16.8 Å². The number of pyridine rings is 1. The second-order valence-electron chi connectivity index (χ2n) is 5.70. The van der Waals surface area contributed by atoms with Crippen molar-refractivity contribution in [1.82, 2.24) is 15.1 Å². The van der Waals surface area contributed by atoms with Crippen LogP contribution in [-0.2, 0) is 6.54 Å². The quantitative estimate of drug-likeness (QED) is 0.740. The van der Waals surface area contributed by atoms with Crippen molar-refractivity contribution in [3.05, 3.63) is 46.7 Å². The van der Waals surface area contributed by atoms with Gasteiger partial charge in [0.2, 0.25) is 5.89 Å². The average Bonchev–Trinajstić information content (AvgIpc) is 2.90. The number of anilines is 1. The van der Waals surface area contributed by atoms with E-state index in [1.165, 1.54) is 0 Å². The average molecular weight is 307 g/mol. The maximum absolute atomic E-state index is 9.47. The number of fused-ring (bicyclic) bond motifs is 1. The van der Waals surface area contributed by atoms with Crippen LogP contribution >= 0.6 is 0 Å². The van der Waals surface area contributed by atoms with Crippen LogP contribution < -0.4 is 4.90 Å². The fourth-order valence-corrected chi connectivity index (χ4v) is 2.84. The van der Waals surface area contributed by atoms with Gasteiger partial charge in [-0.15, -0.1) is 0 Å². The molecule has 0 saturated heterocycles. The van der Waals surface area contributed by atoms with Crippen molar-refractivity contribution in [1.29, 1.82) is 5.26 Å². The van der Waals surface area contributed by atoms with Gasteiger partial charge in [0.15, 0.2) is 5.82 Å². The summed E-state index contributed by atoms with van der Waals surface area (Å²) < 4.78 is 5.02. The van der Waals surface area contributed by atoms with E-state index in [2.05, 4.69) is 33.3 Å². The predicted molar refractivity (Wildman–Crippen MR) is 87.1 cm³/mol. The van der Waals surface area contributed by atoms with Crippen LogP contribution in [0.3, 0.4) is 0 Å². The molecule has 6 heteroatoms. The van der Waals surface area contributed by atoms with Crippen LogP contribution in [-0.4, -0.2) is 22.2 Å². The first-order chi connectivity index (χ1) is 11.0. The molecule has 0 N–H and O–H groups in total. The number of benzene rings is 1. The van der Waals surface area contributed by atoms with Crippen molar-refractivity contribution in [2.75, 3.05) is 11.9 Å². The van der Waals surface area contributed by atoms with Gasteiger partial charge < -0.3 is 9.42 Å². The van der Waals surface area contributed by atoms with Crippen molar-refractivity contribution in [2.24, 2.45) is 0 Å². The molecule has 0 aliphatic rings. The second-order valence-corrected chi connectivity index (χ2v) is 5.70. The molecule has 0 unspecified atom stereocenters. The van der Waals surface area contributed by atoms with Gasteiger partial charge in [0.05, 0.1) is 23.3 Å². The van der Waals surface area contributed by atoms with E-state index < -0.39 is 0 Å². The summed E-state index contributed by atoms with van der Waals surface area (Å²) in [5, 5.41) is 14.4. The van der Waals surface area contributed by atoms with Crippen LogP contribution in [0.1, 0.15) is 28.4 Å². The Labute approximate surface area is 134 Å². The van der Waals surface area contributed by atoms with Gasteiger partial charge in [-0.3, -0.25) is 4.98 Å². The van der Waals surface area contributed by atoms with Crippen molar-refractivity contribution in [3.8, 4) is 6.07 Å². The third kappa shape index (κ3) is 2.73. The van der Waals surface area contributed by atoms with E-state index in [-0.39, 0.29) is 0 Å². The molecular weight excluding hydrogens is 290 g/mol. The summed E-state index contributed by atoms with van der Waals surface area (Å²) in [7, 11) is 1.92. The highest BCUT2D eigenvalue weighted by atomic mass is 16.5. The number of aromatic nitrogens is 3. The van der Waals surface area contributed by atoms with E-state index in [4.69, 9.17) is 4.52 Å². The molecule has 0 radical (unpaired) electrons. The number of rotatable bonds is 3. The van der Waals surface area contributed by atoms with Gasteiger partial charge in [-0.2, -0.15) is 10.2 Å². The summed E-state index contributed by atoms with van der Waals surface area (Å²) in [5.41, 5.74) is 4.50. The Bertz CT molecular complexity index is 923. The fraction of sp³-hybridized carbons (Fsp3) is 0.294. The minimum Gasteiger partial charge on any atom is -0.365 e. The maximum atomic E-state index is 9.47. The zero-order valence-corrected chi connectivity index (χ0v) is 13.6. The molecular formula is C17H17N5O. The van der Waals surface area contributed by atoms with Gasteiger partial charge in [0.1, 0.15) is 6.07 Å². The fourth-order valence-electron chi connectivity index (χ4n) is 2.84. The van der Waals surface area contributed by atoms with Gasteiger partial charge in [0, 0.05) is 25.6 Å². The first kappa shape index (κ1) is 15.0. The molecule has 3 aromatic rings. The molecule has 0 spiro atoms. The molecule has 6 nitrogen and oxygen atoms in total. The van der Waals surface area contributed by atoms with Crippen molar-refractivity contribution in [3.63, 3.8) is 0 Å². The highest BCUT2D eigenvalue weighted by molar-refractivity contribution is 5.96. The second kappa shape index (κ2) is 5.69. The van der Waals surface area contributed by atoms with Crippen molar-refractivity contribution < 1.29 is 4.52 Å². The lowest BCUT2D eigenvalue weighted by Gasteiger charge is -2.21. The molecule has 0 amide bonds. The summed E-state index contributed by atoms with van der Waals surface area (Å²) in [6.45, 7) is 6.28. The standard InChI is InChI=1S/C17H17N5O/c1-10-5-11(2)16-14(6-10)17(13(7-18)8-19-16)22(4)9-15-20-12(3)23-21-15/h5-6,8H,9H2,1-4H3. The number of aryl methyl sites for hydroxylation is 3. The topological polar surface area (TPSA) is 78.8 Å².